The molecular weight excluding hydrogens is 280 g/mol. The lowest BCUT2D eigenvalue weighted by molar-refractivity contribution is -0.117. The standard InChI is InChI=1S/C13H22N4O2.ClH/c1-13(2,3)10-6-12(19-16-10)15-11(18)8-17-5-4-9(14)7-17;/h6,9H,4-5,7-8,14H2,1-3H3,(H,15,18);1H/t9-;/m0./s1. The molecule has 1 saturated heterocycles. The third-order valence-electron chi connectivity index (χ3n) is 3.22. The number of carbonyl (C=O) groups is 1. The Morgan fingerprint density at radius 1 is 1.60 bits per heavy atom. The highest BCUT2D eigenvalue weighted by molar-refractivity contribution is 5.91. The number of amides is 1. The molecule has 0 saturated carbocycles. The molecule has 2 heterocycles. The van der Waals surface area contributed by atoms with Crippen molar-refractivity contribution in [2.45, 2.75) is 38.6 Å². The summed E-state index contributed by atoms with van der Waals surface area (Å²) in [5.74, 6) is 0.309. The van der Waals surface area contributed by atoms with E-state index in [0.717, 1.165) is 25.2 Å². The Hall–Kier alpha value is -1.11. The van der Waals surface area contributed by atoms with Crippen LogP contribution in [0.1, 0.15) is 32.9 Å². The summed E-state index contributed by atoms with van der Waals surface area (Å²) >= 11 is 0. The van der Waals surface area contributed by atoms with Crippen molar-refractivity contribution in [3.63, 3.8) is 0 Å². The Morgan fingerprint density at radius 3 is 2.80 bits per heavy atom. The van der Waals surface area contributed by atoms with Crippen molar-refractivity contribution >= 4 is 24.2 Å². The van der Waals surface area contributed by atoms with Crippen molar-refractivity contribution in [1.29, 1.82) is 0 Å². The highest BCUT2D eigenvalue weighted by Crippen LogP contribution is 2.23. The van der Waals surface area contributed by atoms with Crippen LogP contribution in [-0.2, 0) is 10.2 Å². The van der Waals surface area contributed by atoms with Crippen LogP contribution in [-0.4, -0.2) is 41.6 Å². The topological polar surface area (TPSA) is 84.4 Å². The fourth-order valence-electron chi connectivity index (χ4n) is 2.07. The zero-order valence-electron chi connectivity index (χ0n) is 12.2. The van der Waals surface area contributed by atoms with E-state index in [9.17, 15) is 4.79 Å². The molecule has 0 unspecified atom stereocenters. The van der Waals surface area contributed by atoms with Crippen molar-refractivity contribution in [3.05, 3.63) is 11.8 Å². The quantitative estimate of drug-likeness (QED) is 0.881. The van der Waals surface area contributed by atoms with E-state index in [4.69, 9.17) is 10.3 Å². The average Bonchev–Trinajstić information content (AvgIpc) is 2.87. The first-order chi connectivity index (χ1) is 8.84. The number of halogens is 1. The fraction of sp³-hybridized carbons (Fsp3) is 0.692. The largest absolute Gasteiger partial charge is 0.338 e. The smallest absolute Gasteiger partial charge is 0.240 e. The van der Waals surface area contributed by atoms with Gasteiger partial charge in [-0.2, -0.15) is 0 Å². The van der Waals surface area contributed by atoms with Crippen LogP contribution in [0.15, 0.2) is 10.6 Å². The molecule has 1 aromatic rings. The van der Waals surface area contributed by atoms with Crippen LogP contribution in [0, 0.1) is 0 Å². The van der Waals surface area contributed by atoms with E-state index in [2.05, 4.69) is 10.5 Å². The third kappa shape index (κ3) is 4.47. The molecule has 7 heteroatoms. The number of likely N-dealkylation sites (tertiary alicyclic amines) is 1. The van der Waals surface area contributed by atoms with Gasteiger partial charge in [-0.15, -0.1) is 12.4 Å². The van der Waals surface area contributed by atoms with E-state index < -0.39 is 0 Å². The Morgan fingerprint density at radius 2 is 2.30 bits per heavy atom. The van der Waals surface area contributed by atoms with E-state index in [1.807, 2.05) is 25.7 Å². The fourth-order valence-corrected chi connectivity index (χ4v) is 2.07. The number of rotatable bonds is 3. The molecule has 0 bridgehead atoms. The van der Waals surface area contributed by atoms with Crippen molar-refractivity contribution < 1.29 is 9.32 Å². The molecule has 1 aliphatic rings. The molecule has 0 radical (unpaired) electrons. The molecular formula is C13H23ClN4O2. The highest BCUT2D eigenvalue weighted by atomic mass is 35.5. The monoisotopic (exact) mass is 302 g/mol. The summed E-state index contributed by atoms with van der Waals surface area (Å²) in [6, 6.07) is 1.96. The molecule has 0 aromatic carbocycles. The van der Waals surface area contributed by atoms with Crippen molar-refractivity contribution in [3.8, 4) is 0 Å². The van der Waals surface area contributed by atoms with Gasteiger partial charge in [-0.05, 0) is 6.42 Å². The summed E-state index contributed by atoms with van der Waals surface area (Å²) in [6.07, 6.45) is 0.948. The van der Waals surface area contributed by atoms with Crippen LogP contribution in [0.2, 0.25) is 0 Å². The second-order valence-corrected chi connectivity index (χ2v) is 6.16. The molecule has 0 aliphatic carbocycles. The van der Waals surface area contributed by atoms with E-state index in [-0.39, 0.29) is 29.8 Å². The number of nitrogens with two attached hydrogens (primary N) is 1. The second-order valence-electron chi connectivity index (χ2n) is 6.16. The van der Waals surface area contributed by atoms with Crippen LogP contribution in [0.25, 0.3) is 0 Å². The summed E-state index contributed by atoms with van der Waals surface area (Å²) in [5, 5.41) is 6.69. The number of aromatic nitrogens is 1. The highest BCUT2D eigenvalue weighted by Gasteiger charge is 2.23. The first-order valence-electron chi connectivity index (χ1n) is 6.59. The Bertz CT molecular complexity index is 455. The minimum absolute atomic E-state index is 0. The first-order valence-corrected chi connectivity index (χ1v) is 6.59. The van der Waals surface area contributed by atoms with Gasteiger partial charge in [0.1, 0.15) is 0 Å². The minimum atomic E-state index is -0.0919. The van der Waals surface area contributed by atoms with Crippen molar-refractivity contribution in [2.75, 3.05) is 25.0 Å². The number of anilines is 1. The summed E-state index contributed by atoms with van der Waals surface area (Å²) in [4.78, 5) is 13.9. The maximum atomic E-state index is 11.9. The second kappa shape index (κ2) is 6.56. The van der Waals surface area contributed by atoms with E-state index in [0.29, 0.717) is 12.4 Å². The lowest BCUT2D eigenvalue weighted by Gasteiger charge is -2.13. The van der Waals surface area contributed by atoms with Gasteiger partial charge in [0.15, 0.2) is 0 Å². The molecule has 0 spiro atoms. The predicted octanol–water partition coefficient (Wildman–Crippen LogP) is 1.37. The molecule has 3 N–H and O–H groups in total. The van der Waals surface area contributed by atoms with Gasteiger partial charge < -0.3 is 10.3 Å². The Labute approximate surface area is 125 Å². The zero-order chi connectivity index (χ0) is 14.0. The van der Waals surface area contributed by atoms with Gasteiger partial charge in [-0.1, -0.05) is 25.9 Å². The number of nitrogens with one attached hydrogen (secondary N) is 1. The molecule has 1 aromatic heterocycles. The van der Waals surface area contributed by atoms with E-state index >= 15 is 0 Å². The SMILES string of the molecule is CC(C)(C)c1cc(NC(=O)CN2CC[C@H](N)C2)on1.Cl. The van der Waals surface area contributed by atoms with Gasteiger partial charge in [-0.25, -0.2) is 0 Å². The first kappa shape index (κ1) is 16.9. The van der Waals surface area contributed by atoms with Gasteiger partial charge in [0.2, 0.25) is 11.8 Å². The molecule has 1 aliphatic heterocycles. The van der Waals surface area contributed by atoms with Crippen LogP contribution >= 0.6 is 12.4 Å². The maximum absolute atomic E-state index is 11.9. The minimum Gasteiger partial charge on any atom is -0.338 e. The summed E-state index contributed by atoms with van der Waals surface area (Å²) in [7, 11) is 0. The molecule has 114 valence electrons. The lowest BCUT2D eigenvalue weighted by atomic mass is 9.92. The lowest BCUT2D eigenvalue weighted by Crippen LogP contribution is -2.33. The average molecular weight is 303 g/mol. The zero-order valence-corrected chi connectivity index (χ0v) is 13.0. The van der Waals surface area contributed by atoms with Crippen molar-refractivity contribution in [1.82, 2.24) is 10.1 Å². The Balaban J connectivity index is 0.00000200. The van der Waals surface area contributed by atoms with Gasteiger partial charge in [0.05, 0.1) is 12.2 Å². The van der Waals surface area contributed by atoms with Gasteiger partial charge in [0.25, 0.3) is 0 Å². The van der Waals surface area contributed by atoms with Crippen LogP contribution in [0.3, 0.4) is 0 Å². The molecule has 1 atom stereocenters. The number of carbonyl (C=O) groups excluding carboxylic acids is 1. The molecule has 6 nitrogen and oxygen atoms in total. The van der Waals surface area contributed by atoms with Crippen LogP contribution in [0.5, 0.6) is 0 Å². The van der Waals surface area contributed by atoms with Crippen LogP contribution in [0.4, 0.5) is 5.88 Å². The number of nitrogens with zero attached hydrogens (tertiary/aromatic N) is 2. The third-order valence-corrected chi connectivity index (χ3v) is 3.22. The molecule has 1 amide bonds. The molecule has 2 rings (SSSR count). The van der Waals surface area contributed by atoms with Gasteiger partial charge in [-0.3, -0.25) is 15.0 Å². The summed E-state index contributed by atoms with van der Waals surface area (Å²) in [6.45, 7) is 8.13. The van der Waals surface area contributed by atoms with Gasteiger partial charge >= 0.3 is 0 Å². The molecule has 20 heavy (non-hydrogen) atoms. The number of hydrogen-bond donors (Lipinski definition) is 2. The van der Waals surface area contributed by atoms with Crippen molar-refractivity contribution in [2.24, 2.45) is 5.73 Å². The Kier molecular flexibility index (Phi) is 5.56. The number of hydrogen-bond acceptors (Lipinski definition) is 5. The summed E-state index contributed by atoms with van der Waals surface area (Å²) < 4.78 is 5.12. The normalized spacial score (nSPS) is 19.7. The summed E-state index contributed by atoms with van der Waals surface area (Å²) in [5.41, 5.74) is 6.54. The van der Waals surface area contributed by atoms with Crippen LogP contribution < -0.4 is 11.1 Å². The van der Waals surface area contributed by atoms with E-state index in [1.54, 1.807) is 6.07 Å². The predicted molar refractivity (Wildman–Crippen MR) is 80.1 cm³/mol. The van der Waals surface area contributed by atoms with E-state index in [1.165, 1.54) is 0 Å². The van der Waals surface area contributed by atoms with Gasteiger partial charge in [0, 0.05) is 30.6 Å². The maximum Gasteiger partial charge on any atom is 0.240 e. The molecule has 1 fully saturated rings.